The second kappa shape index (κ2) is 5.18. The van der Waals surface area contributed by atoms with Crippen molar-refractivity contribution in [2.75, 3.05) is 5.75 Å². The summed E-state index contributed by atoms with van der Waals surface area (Å²) >= 11 is 0. The smallest absolute Gasteiger partial charge is 0.212 e. The van der Waals surface area contributed by atoms with Crippen LogP contribution in [0.3, 0.4) is 0 Å². The van der Waals surface area contributed by atoms with Gasteiger partial charge in [-0.2, -0.15) is 9.98 Å². The minimum Gasteiger partial charge on any atom is -0.212 e. The number of rotatable bonds is 5. The second-order valence-electron chi connectivity index (χ2n) is 6.05. The number of hydrogen-bond acceptors (Lipinski definition) is 3. The number of nitrogens with zero attached hydrogens (tertiary/aromatic N) is 1. The van der Waals surface area contributed by atoms with Crippen LogP contribution in [0.15, 0.2) is 0 Å². The van der Waals surface area contributed by atoms with E-state index in [1.54, 1.807) is 0 Å². The molecule has 2 fully saturated rings. The monoisotopic (exact) mass is 270 g/mol. The van der Waals surface area contributed by atoms with Crippen molar-refractivity contribution in [3.8, 4) is 6.07 Å². The molecule has 0 unspecified atom stereocenters. The maximum Gasteiger partial charge on any atom is 0.212 e. The van der Waals surface area contributed by atoms with Crippen molar-refractivity contribution >= 4 is 10.0 Å². The molecule has 2 rings (SSSR count). The van der Waals surface area contributed by atoms with Crippen LogP contribution in [0.2, 0.25) is 0 Å². The topological polar surface area (TPSA) is 70.0 Å². The van der Waals surface area contributed by atoms with Gasteiger partial charge in [-0.25, -0.2) is 8.42 Å². The fourth-order valence-corrected chi connectivity index (χ4v) is 4.42. The van der Waals surface area contributed by atoms with Gasteiger partial charge >= 0.3 is 0 Å². The molecule has 2 atom stereocenters. The molecule has 18 heavy (non-hydrogen) atoms. The quantitative estimate of drug-likeness (QED) is 0.832. The predicted octanol–water partition coefficient (Wildman–Crippen LogP) is 2.18. The fourth-order valence-electron chi connectivity index (χ4n) is 2.85. The highest BCUT2D eigenvalue weighted by Crippen LogP contribution is 2.34. The van der Waals surface area contributed by atoms with Crippen molar-refractivity contribution in [1.29, 1.82) is 5.26 Å². The number of sulfonamides is 1. The Morgan fingerprint density at radius 2 is 2.11 bits per heavy atom. The van der Waals surface area contributed by atoms with Crippen molar-refractivity contribution in [2.24, 2.45) is 11.8 Å². The fraction of sp³-hybridized carbons (Fsp3) is 0.923. The van der Waals surface area contributed by atoms with Gasteiger partial charge in [-0.1, -0.05) is 32.6 Å². The van der Waals surface area contributed by atoms with Crippen LogP contribution in [-0.2, 0) is 10.0 Å². The van der Waals surface area contributed by atoms with Crippen LogP contribution in [0.5, 0.6) is 0 Å². The molecular weight excluding hydrogens is 248 g/mol. The summed E-state index contributed by atoms with van der Waals surface area (Å²) in [6.07, 6.45) is 6.38. The molecule has 1 N–H and O–H groups in total. The minimum absolute atomic E-state index is 0.176. The van der Waals surface area contributed by atoms with E-state index in [0.29, 0.717) is 24.7 Å². The number of nitriles is 1. The lowest BCUT2D eigenvalue weighted by molar-refractivity contribution is 0.270. The maximum absolute atomic E-state index is 12.0. The lowest BCUT2D eigenvalue weighted by Gasteiger charge is -2.34. The summed E-state index contributed by atoms with van der Waals surface area (Å²) in [5.74, 6) is 1.20. The molecule has 0 aliphatic heterocycles. The van der Waals surface area contributed by atoms with Crippen molar-refractivity contribution in [1.82, 2.24) is 4.72 Å². The van der Waals surface area contributed by atoms with Gasteiger partial charge in [-0.3, -0.25) is 0 Å². The summed E-state index contributed by atoms with van der Waals surface area (Å²) in [5.41, 5.74) is -0.847. The van der Waals surface area contributed by atoms with Gasteiger partial charge < -0.3 is 0 Å². The molecule has 102 valence electrons. The number of nitrogens with one attached hydrogen (secondary N) is 1. The Morgan fingerprint density at radius 3 is 2.67 bits per heavy atom. The Kier molecular flexibility index (Phi) is 3.98. The third kappa shape index (κ3) is 3.69. The molecular formula is C13H22N2O2S. The molecule has 2 aliphatic carbocycles. The first-order valence-electron chi connectivity index (χ1n) is 6.88. The molecule has 0 radical (unpaired) electrons. The minimum atomic E-state index is -3.30. The first kappa shape index (κ1) is 13.8. The van der Waals surface area contributed by atoms with E-state index in [9.17, 15) is 13.7 Å². The molecule has 0 aromatic rings. The molecule has 0 aromatic heterocycles. The Bertz CT molecular complexity index is 436. The zero-order valence-corrected chi connectivity index (χ0v) is 11.8. The molecule has 5 heteroatoms. The predicted molar refractivity (Wildman–Crippen MR) is 70.2 cm³/mol. The van der Waals surface area contributed by atoms with E-state index in [-0.39, 0.29) is 5.75 Å². The van der Waals surface area contributed by atoms with Gasteiger partial charge in [0.1, 0.15) is 5.54 Å². The van der Waals surface area contributed by atoms with E-state index in [1.165, 1.54) is 0 Å². The third-order valence-electron chi connectivity index (χ3n) is 4.05. The number of hydrogen-bond donors (Lipinski definition) is 1. The third-order valence-corrected chi connectivity index (χ3v) is 5.53. The molecule has 0 spiro atoms. The standard InChI is InChI=1S/C13H22N2O2S/c1-11-3-2-7-13(9-11,10-14)15-18(16,17)8-6-12-4-5-12/h11-12,15H,2-9H2,1H3/t11-,13+/m1/s1. The van der Waals surface area contributed by atoms with Crippen molar-refractivity contribution in [3.63, 3.8) is 0 Å². The van der Waals surface area contributed by atoms with E-state index in [1.807, 2.05) is 0 Å². The van der Waals surface area contributed by atoms with E-state index in [0.717, 1.165) is 32.1 Å². The van der Waals surface area contributed by atoms with E-state index >= 15 is 0 Å². The van der Waals surface area contributed by atoms with Gasteiger partial charge in [0.05, 0.1) is 11.8 Å². The first-order chi connectivity index (χ1) is 8.45. The summed E-state index contributed by atoms with van der Waals surface area (Å²) in [4.78, 5) is 0. The molecule has 0 amide bonds. The summed E-state index contributed by atoms with van der Waals surface area (Å²) < 4.78 is 26.8. The van der Waals surface area contributed by atoms with Crippen LogP contribution in [0, 0.1) is 23.2 Å². The van der Waals surface area contributed by atoms with Crippen molar-refractivity contribution in [3.05, 3.63) is 0 Å². The summed E-state index contributed by atoms with van der Waals surface area (Å²) in [7, 11) is -3.30. The molecule has 0 saturated heterocycles. The van der Waals surface area contributed by atoms with Gasteiger partial charge in [-0.05, 0) is 31.1 Å². The summed E-state index contributed by atoms with van der Waals surface area (Å²) in [6, 6.07) is 2.22. The molecule has 0 aromatic carbocycles. The van der Waals surface area contributed by atoms with Gasteiger partial charge in [0.15, 0.2) is 0 Å². The Morgan fingerprint density at radius 1 is 1.39 bits per heavy atom. The Hall–Kier alpha value is -0.600. The average molecular weight is 270 g/mol. The van der Waals surface area contributed by atoms with Crippen LogP contribution in [0.25, 0.3) is 0 Å². The van der Waals surface area contributed by atoms with Gasteiger partial charge in [0.2, 0.25) is 10.0 Å². The highest BCUT2D eigenvalue weighted by Gasteiger charge is 2.38. The highest BCUT2D eigenvalue weighted by atomic mass is 32.2. The normalized spacial score (nSPS) is 33.0. The Labute approximate surface area is 110 Å². The largest absolute Gasteiger partial charge is 0.212 e. The van der Waals surface area contributed by atoms with Gasteiger partial charge in [0, 0.05) is 0 Å². The lowest BCUT2D eigenvalue weighted by atomic mass is 9.78. The summed E-state index contributed by atoms with van der Waals surface area (Å²) in [6.45, 7) is 2.09. The van der Waals surface area contributed by atoms with Crippen LogP contribution in [0.4, 0.5) is 0 Å². The zero-order chi connectivity index (χ0) is 13.2. The Balaban J connectivity index is 1.97. The molecule has 2 saturated carbocycles. The van der Waals surface area contributed by atoms with Crippen LogP contribution < -0.4 is 4.72 Å². The maximum atomic E-state index is 12.0. The van der Waals surface area contributed by atoms with E-state index in [2.05, 4.69) is 17.7 Å². The zero-order valence-electron chi connectivity index (χ0n) is 11.0. The van der Waals surface area contributed by atoms with Crippen molar-refractivity contribution in [2.45, 2.75) is 57.4 Å². The molecule has 0 bridgehead atoms. The summed E-state index contributed by atoms with van der Waals surface area (Å²) in [5, 5.41) is 9.34. The highest BCUT2D eigenvalue weighted by molar-refractivity contribution is 7.89. The van der Waals surface area contributed by atoms with E-state index in [4.69, 9.17) is 0 Å². The van der Waals surface area contributed by atoms with Crippen LogP contribution in [0.1, 0.15) is 51.9 Å². The van der Waals surface area contributed by atoms with E-state index < -0.39 is 15.6 Å². The second-order valence-corrected chi connectivity index (χ2v) is 7.89. The molecule has 0 heterocycles. The SMILES string of the molecule is C[C@@H]1CCC[C@](C#N)(NS(=O)(=O)CCC2CC2)C1. The average Bonchev–Trinajstić information content (AvgIpc) is 3.10. The van der Waals surface area contributed by atoms with Crippen LogP contribution >= 0.6 is 0 Å². The molecule has 4 nitrogen and oxygen atoms in total. The van der Waals surface area contributed by atoms with Crippen molar-refractivity contribution < 1.29 is 8.42 Å². The van der Waals surface area contributed by atoms with Gasteiger partial charge in [-0.15, -0.1) is 0 Å². The molecule has 2 aliphatic rings. The lowest BCUT2D eigenvalue weighted by Crippen LogP contribution is -2.50. The first-order valence-corrected chi connectivity index (χ1v) is 8.53. The van der Waals surface area contributed by atoms with Gasteiger partial charge in [0.25, 0.3) is 0 Å². The van der Waals surface area contributed by atoms with Crippen LogP contribution in [-0.4, -0.2) is 19.7 Å².